The summed E-state index contributed by atoms with van der Waals surface area (Å²) in [7, 11) is 0. The van der Waals surface area contributed by atoms with Crippen LogP contribution in [-0.2, 0) is 25.6 Å². The predicted molar refractivity (Wildman–Crippen MR) is 151 cm³/mol. The van der Waals surface area contributed by atoms with Crippen molar-refractivity contribution in [1.29, 1.82) is 0 Å². The zero-order chi connectivity index (χ0) is 28.2. The first kappa shape index (κ1) is 31.5. The van der Waals surface area contributed by atoms with Gasteiger partial charge >= 0.3 is 5.97 Å². The van der Waals surface area contributed by atoms with Gasteiger partial charge in [0, 0.05) is 17.1 Å². The molecule has 210 valence electrons. The number of carboxylic acid groups (broad SMARTS) is 1. The normalized spacial score (nSPS) is 15.2. The number of aliphatic hydroxyl groups excluding tert-OH is 1. The summed E-state index contributed by atoms with van der Waals surface area (Å²) in [6, 6.07) is 3.07. The summed E-state index contributed by atoms with van der Waals surface area (Å²) in [6.07, 6.45) is 4.82. The molecule has 1 aromatic carbocycles. The van der Waals surface area contributed by atoms with Crippen LogP contribution in [0.1, 0.15) is 25.3 Å². The second kappa shape index (κ2) is 15.6. The number of amides is 3. The van der Waals surface area contributed by atoms with Crippen LogP contribution in [-0.4, -0.2) is 93.2 Å². The smallest absolute Gasteiger partial charge is 0.326 e. The number of hydrogen-bond acceptors (Lipinski definition) is 8. The monoisotopic (exact) mass is 567 g/mol. The average molecular weight is 568 g/mol. The summed E-state index contributed by atoms with van der Waals surface area (Å²) < 4.78 is 0. The molecule has 5 unspecified atom stereocenters. The fourth-order valence-electron chi connectivity index (χ4n) is 3.83. The fourth-order valence-corrected chi connectivity index (χ4v) is 4.77. The molecule has 0 radical (unpaired) electrons. The first-order valence-corrected chi connectivity index (χ1v) is 15.0. The highest BCUT2D eigenvalue weighted by atomic mass is 32.2. The Morgan fingerprint density at radius 3 is 2.16 bits per heavy atom. The first-order valence-electron chi connectivity index (χ1n) is 12.2. The number of benzene rings is 1. The number of carbonyl (C=O) groups excluding carboxylic acids is 3. The first-order chi connectivity index (χ1) is 18.1. The van der Waals surface area contributed by atoms with Crippen LogP contribution in [0, 0.1) is 0 Å². The lowest BCUT2D eigenvalue weighted by molar-refractivity contribution is -0.142. The van der Waals surface area contributed by atoms with Crippen molar-refractivity contribution in [2.24, 2.45) is 5.73 Å². The van der Waals surface area contributed by atoms with E-state index in [0.29, 0.717) is 11.5 Å². The summed E-state index contributed by atoms with van der Waals surface area (Å²) in [5, 5.41) is 28.2. The Labute approximate surface area is 230 Å². The van der Waals surface area contributed by atoms with E-state index in [1.807, 2.05) is 36.8 Å². The standard InChI is InChI=1S/C25H37N5O6S2/c1-14(31)21(30-22(32)17(26)12-15-13-27-18-7-5-4-6-16(15)18)24(34)28-19(8-10-37-2)23(33)29-20(25(35)36)9-11-38-3/h4-7,13-14,17,19-21,27,31H,8-12,26H2,1-3H3,(H,28,34)(H,29,33)(H,30,32)(H,35,36). The van der Waals surface area contributed by atoms with Crippen LogP contribution >= 0.6 is 23.5 Å². The van der Waals surface area contributed by atoms with Gasteiger partial charge in [-0.2, -0.15) is 23.5 Å². The van der Waals surface area contributed by atoms with Crippen molar-refractivity contribution in [3.8, 4) is 0 Å². The molecule has 0 aliphatic heterocycles. The number of carboxylic acids is 1. The van der Waals surface area contributed by atoms with Crippen LogP contribution in [0.4, 0.5) is 0 Å². The number of rotatable bonds is 16. The molecule has 5 atom stereocenters. The van der Waals surface area contributed by atoms with Gasteiger partial charge < -0.3 is 36.9 Å². The Kier molecular flexibility index (Phi) is 12.9. The number of nitrogens with one attached hydrogen (secondary N) is 4. The zero-order valence-corrected chi connectivity index (χ0v) is 23.4. The maximum atomic E-state index is 13.1. The van der Waals surface area contributed by atoms with E-state index < -0.39 is 54.0 Å². The fraction of sp³-hybridized carbons (Fsp3) is 0.520. The van der Waals surface area contributed by atoms with Gasteiger partial charge in [-0.3, -0.25) is 14.4 Å². The zero-order valence-electron chi connectivity index (χ0n) is 21.7. The van der Waals surface area contributed by atoms with E-state index in [-0.39, 0.29) is 19.3 Å². The van der Waals surface area contributed by atoms with Crippen molar-refractivity contribution in [3.63, 3.8) is 0 Å². The lowest BCUT2D eigenvalue weighted by atomic mass is 10.0. The van der Waals surface area contributed by atoms with Crippen LogP contribution in [0.3, 0.4) is 0 Å². The van der Waals surface area contributed by atoms with Crippen LogP contribution in [0.5, 0.6) is 0 Å². The number of fused-ring (bicyclic) bond motifs is 1. The van der Waals surface area contributed by atoms with Crippen molar-refractivity contribution in [2.75, 3.05) is 24.0 Å². The highest BCUT2D eigenvalue weighted by molar-refractivity contribution is 7.98. The molecule has 2 aromatic rings. The van der Waals surface area contributed by atoms with Crippen LogP contribution < -0.4 is 21.7 Å². The molecule has 11 nitrogen and oxygen atoms in total. The van der Waals surface area contributed by atoms with E-state index in [9.17, 15) is 29.4 Å². The number of nitrogens with two attached hydrogens (primary N) is 1. The largest absolute Gasteiger partial charge is 0.480 e. The molecule has 0 saturated heterocycles. The molecule has 1 aromatic heterocycles. The molecule has 0 bridgehead atoms. The SMILES string of the molecule is CSCCC(NC(=O)C(CCSC)NC(=O)C(NC(=O)C(N)Cc1c[nH]c2ccccc12)C(C)O)C(=O)O. The number of H-pyrrole nitrogens is 1. The molecule has 13 heteroatoms. The third kappa shape index (κ3) is 9.22. The predicted octanol–water partition coefficient (Wildman–Crippen LogP) is 0.464. The maximum absolute atomic E-state index is 13.1. The van der Waals surface area contributed by atoms with Crippen molar-refractivity contribution >= 4 is 58.1 Å². The van der Waals surface area contributed by atoms with Gasteiger partial charge in [0.05, 0.1) is 12.1 Å². The van der Waals surface area contributed by atoms with Crippen molar-refractivity contribution in [2.45, 2.75) is 56.5 Å². The third-order valence-corrected chi connectivity index (χ3v) is 7.27. The van der Waals surface area contributed by atoms with Crippen molar-refractivity contribution < 1.29 is 29.4 Å². The Hall–Kier alpha value is -2.74. The van der Waals surface area contributed by atoms with Crippen LogP contribution in [0.15, 0.2) is 30.5 Å². The minimum absolute atomic E-state index is 0.204. The van der Waals surface area contributed by atoms with Gasteiger partial charge in [0.15, 0.2) is 0 Å². The van der Waals surface area contributed by atoms with Gasteiger partial charge in [0.2, 0.25) is 17.7 Å². The maximum Gasteiger partial charge on any atom is 0.326 e. The van der Waals surface area contributed by atoms with Gasteiger partial charge in [-0.1, -0.05) is 18.2 Å². The summed E-state index contributed by atoms with van der Waals surface area (Å²) >= 11 is 2.91. The molecule has 0 fully saturated rings. The van der Waals surface area contributed by atoms with Gasteiger partial charge in [-0.15, -0.1) is 0 Å². The lowest BCUT2D eigenvalue weighted by Gasteiger charge is -2.26. The minimum atomic E-state index is -1.37. The number of aromatic amines is 1. The molecule has 2 rings (SSSR count). The second-order valence-corrected chi connectivity index (χ2v) is 10.9. The number of carbonyl (C=O) groups is 4. The number of hydrogen-bond donors (Lipinski definition) is 7. The molecule has 0 aliphatic rings. The van der Waals surface area contributed by atoms with E-state index in [4.69, 9.17) is 5.73 Å². The third-order valence-electron chi connectivity index (χ3n) is 5.98. The second-order valence-electron chi connectivity index (χ2n) is 8.92. The molecule has 1 heterocycles. The van der Waals surface area contributed by atoms with E-state index in [2.05, 4.69) is 20.9 Å². The molecule has 0 saturated carbocycles. The Bertz CT molecular complexity index is 1100. The van der Waals surface area contributed by atoms with Crippen molar-refractivity contribution in [1.82, 2.24) is 20.9 Å². The van der Waals surface area contributed by atoms with Crippen LogP contribution in [0.25, 0.3) is 10.9 Å². The van der Waals surface area contributed by atoms with E-state index in [1.165, 1.54) is 30.4 Å². The summed E-state index contributed by atoms with van der Waals surface area (Å²) in [4.78, 5) is 53.5. The highest BCUT2D eigenvalue weighted by Gasteiger charge is 2.32. The molecule has 0 spiro atoms. The van der Waals surface area contributed by atoms with Gasteiger partial charge in [-0.05, 0) is 61.8 Å². The molecule has 0 aliphatic carbocycles. The molecule has 3 amide bonds. The number of aliphatic carboxylic acids is 1. The van der Waals surface area contributed by atoms with Crippen molar-refractivity contribution in [3.05, 3.63) is 36.0 Å². The Morgan fingerprint density at radius 2 is 1.55 bits per heavy atom. The Balaban J connectivity index is 2.07. The number of para-hydroxylation sites is 1. The van der Waals surface area contributed by atoms with E-state index in [0.717, 1.165) is 16.5 Å². The van der Waals surface area contributed by atoms with Crippen LogP contribution in [0.2, 0.25) is 0 Å². The number of thioether (sulfide) groups is 2. The number of aromatic nitrogens is 1. The summed E-state index contributed by atoms with van der Waals surface area (Å²) in [6.45, 7) is 1.34. The van der Waals surface area contributed by atoms with E-state index >= 15 is 0 Å². The summed E-state index contributed by atoms with van der Waals surface area (Å²) in [5.74, 6) is -2.17. The average Bonchev–Trinajstić information content (AvgIpc) is 3.29. The molecular weight excluding hydrogens is 530 g/mol. The Morgan fingerprint density at radius 1 is 0.947 bits per heavy atom. The van der Waals surface area contributed by atoms with Gasteiger partial charge in [0.25, 0.3) is 0 Å². The molecule has 38 heavy (non-hydrogen) atoms. The number of aliphatic hydroxyl groups is 1. The summed E-state index contributed by atoms with van der Waals surface area (Å²) in [5.41, 5.74) is 7.87. The highest BCUT2D eigenvalue weighted by Crippen LogP contribution is 2.19. The minimum Gasteiger partial charge on any atom is -0.480 e. The van der Waals surface area contributed by atoms with Gasteiger partial charge in [-0.25, -0.2) is 4.79 Å². The molecule has 8 N–H and O–H groups in total. The molecular formula is C25H37N5O6S2. The van der Waals surface area contributed by atoms with Gasteiger partial charge in [0.1, 0.15) is 18.1 Å². The lowest BCUT2D eigenvalue weighted by Crippen LogP contribution is -2.60. The topological polar surface area (TPSA) is 187 Å². The quantitative estimate of drug-likeness (QED) is 0.151. The van der Waals surface area contributed by atoms with E-state index in [1.54, 1.807) is 6.20 Å².